The number of hydrogen-bond donors (Lipinski definition) is 0. The largest absolute Gasteiger partial charge is 0.227 e. The van der Waals surface area contributed by atoms with Gasteiger partial charge in [-0.3, -0.25) is 0 Å². The molecule has 0 aliphatic heterocycles. The number of pyridine rings is 1. The first kappa shape index (κ1) is 7.66. The summed E-state index contributed by atoms with van der Waals surface area (Å²) < 4.78 is 13.4. The molecule has 0 N–H and O–H groups in total. The average Bonchev–Trinajstić information content (AvgIpc) is 1.94. The number of nitrogens with zero attached hydrogens (tertiary/aromatic N) is 1. The third-order valence-electron chi connectivity index (χ3n) is 1.14. The quantitative estimate of drug-likeness (QED) is 0.639. The van der Waals surface area contributed by atoms with Crippen LogP contribution < -0.4 is 0 Å². The van der Waals surface area contributed by atoms with Gasteiger partial charge in [0.25, 0.3) is 0 Å². The lowest BCUT2D eigenvalue weighted by Gasteiger charge is -1.96. The molecule has 0 saturated carbocycles. The second kappa shape index (κ2) is 3.10. The van der Waals surface area contributed by atoms with Crippen LogP contribution in [0.5, 0.6) is 0 Å². The minimum Gasteiger partial charge on any atom is -0.227 e. The molecule has 1 rings (SSSR count). The molecule has 0 aliphatic carbocycles. The van der Waals surface area contributed by atoms with E-state index in [1.54, 1.807) is 19.4 Å². The highest BCUT2D eigenvalue weighted by Crippen LogP contribution is 2.13. The summed E-state index contributed by atoms with van der Waals surface area (Å²) in [7, 11) is 0. The molecule has 0 bridgehead atoms. The van der Waals surface area contributed by atoms with Crippen LogP contribution in [0.25, 0.3) is 0 Å². The molecule has 0 saturated heterocycles. The predicted molar refractivity (Wildman–Crippen MR) is 41.0 cm³/mol. The maximum Gasteiger partial charge on any atom is 0.216 e. The Hall–Kier alpha value is -0.440. The van der Waals surface area contributed by atoms with Crippen molar-refractivity contribution in [1.29, 1.82) is 0 Å². The van der Waals surface area contributed by atoms with Gasteiger partial charge in [0, 0.05) is 16.2 Å². The van der Waals surface area contributed by atoms with Crippen molar-refractivity contribution >= 4 is 15.9 Å². The molecule has 1 heterocycles. The second-order valence-electron chi connectivity index (χ2n) is 1.82. The number of halogens is 2. The lowest BCUT2D eigenvalue weighted by molar-refractivity contribution is 0.575. The molecule has 3 heteroatoms. The summed E-state index contributed by atoms with van der Waals surface area (Å²) in [4.78, 5) is 3.50. The SMILES string of the molecule is C[CH]c1cc(Br)cnc1F. The average molecular weight is 203 g/mol. The monoisotopic (exact) mass is 202 g/mol. The van der Waals surface area contributed by atoms with E-state index in [1.807, 2.05) is 0 Å². The summed E-state index contributed by atoms with van der Waals surface area (Å²) in [5.41, 5.74) is 0.523. The van der Waals surface area contributed by atoms with Gasteiger partial charge in [-0.25, -0.2) is 4.98 Å². The summed E-state index contributed by atoms with van der Waals surface area (Å²) in [6.45, 7) is 1.77. The summed E-state index contributed by atoms with van der Waals surface area (Å²) in [5.74, 6) is -0.425. The Morgan fingerprint density at radius 3 is 2.90 bits per heavy atom. The second-order valence-corrected chi connectivity index (χ2v) is 2.74. The van der Waals surface area contributed by atoms with Gasteiger partial charge < -0.3 is 0 Å². The van der Waals surface area contributed by atoms with Crippen LogP contribution in [-0.2, 0) is 0 Å². The van der Waals surface area contributed by atoms with Crippen molar-refractivity contribution in [3.63, 3.8) is 0 Å². The van der Waals surface area contributed by atoms with Gasteiger partial charge in [-0.15, -0.1) is 0 Å². The zero-order valence-electron chi connectivity index (χ0n) is 5.44. The maximum absolute atomic E-state index is 12.6. The van der Waals surface area contributed by atoms with Crippen LogP contribution in [0, 0.1) is 12.4 Å². The van der Waals surface area contributed by atoms with E-state index in [0.717, 1.165) is 4.47 Å². The van der Waals surface area contributed by atoms with Gasteiger partial charge in [0.15, 0.2) is 0 Å². The third-order valence-corrected chi connectivity index (χ3v) is 1.58. The maximum atomic E-state index is 12.6. The molecule has 0 aliphatic rings. The molecule has 1 aromatic heterocycles. The fourth-order valence-corrected chi connectivity index (χ4v) is 0.990. The summed E-state index contributed by atoms with van der Waals surface area (Å²) >= 11 is 3.19. The van der Waals surface area contributed by atoms with E-state index in [2.05, 4.69) is 20.9 Å². The van der Waals surface area contributed by atoms with Crippen molar-refractivity contribution < 1.29 is 4.39 Å². The van der Waals surface area contributed by atoms with E-state index < -0.39 is 5.95 Å². The zero-order chi connectivity index (χ0) is 7.56. The minimum atomic E-state index is -0.425. The molecule has 0 aromatic carbocycles. The van der Waals surface area contributed by atoms with Crippen LogP contribution >= 0.6 is 15.9 Å². The van der Waals surface area contributed by atoms with Crippen molar-refractivity contribution in [1.82, 2.24) is 4.98 Å². The van der Waals surface area contributed by atoms with Crippen LogP contribution in [0.3, 0.4) is 0 Å². The molecule has 1 radical (unpaired) electrons. The van der Waals surface area contributed by atoms with Crippen molar-refractivity contribution in [3.05, 3.63) is 34.7 Å². The van der Waals surface area contributed by atoms with Gasteiger partial charge in [-0.05, 0) is 28.4 Å². The van der Waals surface area contributed by atoms with Crippen LogP contribution in [-0.4, -0.2) is 4.98 Å². The van der Waals surface area contributed by atoms with Crippen molar-refractivity contribution in [3.8, 4) is 0 Å². The predicted octanol–water partition coefficient (Wildman–Crippen LogP) is 2.56. The fraction of sp³-hybridized carbons (Fsp3) is 0.143. The molecular formula is C7H6BrFN. The van der Waals surface area contributed by atoms with Crippen LogP contribution in [0.15, 0.2) is 16.7 Å². The lowest BCUT2D eigenvalue weighted by Crippen LogP contribution is -1.89. The zero-order valence-corrected chi connectivity index (χ0v) is 7.02. The highest BCUT2D eigenvalue weighted by atomic mass is 79.9. The molecule has 0 fully saturated rings. The first-order chi connectivity index (χ1) is 4.74. The molecular weight excluding hydrogens is 197 g/mol. The Bertz CT molecular complexity index is 237. The van der Waals surface area contributed by atoms with Crippen molar-refractivity contribution in [2.24, 2.45) is 0 Å². The molecule has 0 atom stereocenters. The Balaban J connectivity index is 3.09. The van der Waals surface area contributed by atoms with Crippen LogP contribution in [0.1, 0.15) is 12.5 Å². The van der Waals surface area contributed by atoms with E-state index >= 15 is 0 Å². The fourth-order valence-electron chi connectivity index (χ4n) is 0.641. The number of rotatable bonds is 1. The summed E-state index contributed by atoms with van der Waals surface area (Å²) in [5, 5.41) is 0. The molecule has 0 spiro atoms. The van der Waals surface area contributed by atoms with E-state index in [1.165, 1.54) is 6.20 Å². The van der Waals surface area contributed by atoms with E-state index in [9.17, 15) is 4.39 Å². The number of aromatic nitrogens is 1. The third kappa shape index (κ3) is 1.53. The normalized spacial score (nSPS) is 9.90. The molecule has 0 unspecified atom stereocenters. The molecule has 1 nitrogen and oxygen atoms in total. The van der Waals surface area contributed by atoms with Gasteiger partial charge in [-0.1, -0.05) is 6.92 Å². The van der Waals surface area contributed by atoms with Gasteiger partial charge in [-0.2, -0.15) is 4.39 Å². The highest BCUT2D eigenvalue weighted by molar-refractivity contribution is 9.10. The first-order valence-electron chi connectivity index (χ1n) is 2.84. The van der Waals surface area contributed by atoms with Crippen molar-refractivity contribution in [2.75, 3.05) is 0 Å². The van der Waals surface area contributed by atoms with Gasteiger partial charge in [0.1, 0.15) is 0 Å². The number of hydrogen-bond acceptors (Lipinski definition) is 1. The Labute approximate surface area is 67.4 Å². The smallest absolute Gasteiger partial charge is 0.216 e. The van der Waals surface area contributed by atoms with Crippen LogP contribution in [0.2, 0.25) is 0 Å². The molecule has 1 aromatic rings. The Kier molecular flexibility index (Phi) is 2.38. The molecule has 0 amide bonds. The molecule has 10 heavy (non-hydrogen) atoms. The van der Waals surface area contributed by atoms with Crippen LogP contribution in [0.4, 0.5) is 4.39 Å². The minimum absolute atomic E-state index is 0.425. The highest BCUT2D eigenvalue weighted by Gasteiger charge is 2.00. The summed E-state index contributed by atoms with van der Waals surface area (Å²) in [6.07, 6.45) is 3.11. The first-order valence-corrected chi connectivity index (χ1v) is 3.63. The standard InChI is InChI=1S/C7H6BrFN/c1-2-5-3-6(8)4-10-7(5)9/h2-4H,1H3. The Morgan fingerprint density at radius 2 is 2.40 bits per heavy atom. The van der Waals surface area contributed by atoms with Gasteiger partial charge in [0.05, 0.1) is 0 Å². The van der Waals surface area contributed by atoms with E-state index in [-0.39, 0.29) is 0 Å². The lowest BCUT2D eigenvalue weighted by atomic mass is 10.2. The van der Waals surface area contributed by atoms with E-state index in [0.29, 0.717) is 5.56 Å². The van der Waals surface area contributed by atoms with Gasteiger partial charge in [0.2, 0.25) is 5.95 Å². The van der Waals surface area contributed by atoms with E-state index in [4.69, 9.17) is 0 Å². The topological polar surface area (TPSA) is 12.9 Å². The Morgan fingerprint density at radius 1 is 1.70 bits per heavy atom. The molecule has 53 valence electrons. The summed E-state index contributed by atoms with van der Waals surface area (Å²) in [6, 6.07) is 1.68. The van der Waals surface area contributed by atoms with Crippen molar-refractivity contribution in [2.45, 2.75) is 6.92 Å². The van der Waals surface area contributed by atoms with Gasteiger partial charge >= 0.3 is 0 Å².